The third-order valence-corrected chi connectivity index (χ3v) is 1.99. The van der Waals surface area contributed by atoms with E-state index in [9.17, 15) is 4.79 Å². The largest absolute Gasteiger partial charge is 0.476 e. The first kappa shape index (κ1) is 9.86. The fourth-order valence-electron chi connectivity index (χ4n) is 1.34. The summed E-state index contributed by atoms with van der Waals surface area (Å²) < 4.78 is 1.39. The van der Waals surface area contributed by atoms with Gasteiger partial charge in [-0.15, -0.1) is 0 Å². The molecule has 78 valence electrons. The molecule has 16 heavy (non-hydrogen) atoms. The van der Waals surface area contributed by atoms with E-state index in [0.717, 1.165) is 0 Å². The van der Waals surface area contributed by atoms with Crippen LogP contribution >= 0.6 is 0 Å². The van der Waals surface area contributed by atoms with Gasteiger partial charge in [-0.05, 0) is 12.1 Å². The van der Waals surface area contributed by atoms with E-state index in [1.807, 2.05) is 6.07 Å². The highest BCUT2D eigenvalue weighted by atomic mass is 16.4. The Bertz CT molecular complexity index is 583. The molecule has 1 N–H and O–H groups in total. The predicted molar refractivity (Wildman–Crippen MR) is 53.0 cm³/mol. The quantitative estimate of drug-likeness (QED) is 0.799. The maximum atomic E-state index is 10.9. The molecule has 0 bridgehead atoms. The van der Waals surface area contributed by atoms with Crippen molar-refractivity contribution in [2.24, 2.45) is 0 Å². The fourth-order valence-corrected chi connectivity index (χ4v) is 1.34. The number of carboxylic acids is 1. The van der Waals surface area contributed by atoms with Gasteiger partial charge in [0.05, 0.1) is 5.69 Å². The van der Waals surface area contributed by atoms with Crippen LogP contribution in [0.25, 0.3) is 5.69 Å². The van der Waals surface area contributed by atoms with E-state index in [0.29, 0.717) is 5.69 Å². The molecule has 0 unspecified atom stereocenters. The summed E-state index contributed by atoms with van der Waals surface area (Å²) in [5.74, 6) is -1.02. The van der Waals surface area contributed by atoms with Crippen molar-refractivity contribution in [2.45, 2.75) is 0 Å². The molecule has 0 aliphatic heterocycles. The number of imidazole rings is 1. The van der Waals surface area contributed by atoms with E-state index in [-0.39, 0.29) is 11.5 Å². The lowest BCUT2D eigenvalue weighted by Gasteiger charge is -2.05. The highest BCUT2D eigenvalue weighted by Gasteiger charge is 2.14. The molecule has 0 saturated heterocycles. The Balaban J connectivity index is 2.66. The number of aromatic nitrogens is 3. The van der Waals surface area contributed by atoms with Crippen molar-refractivity contribution in [3.8, 4) is 11.8 Å². The van der Waals surface area contributed by atoms with Gasteiger partial charge in [-0.1, -0.05) is 0 Å². The molecule has 0 radical (unpaired) electrons. The van der Waals surface area contributed by atoms with Crippen LogP contribution < -0.4 is 0 Å². The number of hydrogen-bond acceptors (Lipinski definition) is 4. The molecule has 0 atom stereocenters. The molecule has 2 aromatic heterocycles. The number of carboxylic acid groups (broad SMARTS) is 1. The van der Waals surface area contributed by atoms with Crippen LogP contribution in [-0.4, -0.2) is 25.6 Å². The third-order valence-electron chi connectivity index (χ3n) is 1.99. The van der Waals surface area contributed by atoms with Gasteiger partial charge in [0.25, 0.3) is 0 Å². The van der Waals surface area contributed by atoms with Crippen LogP contribution in [0.15, 0.2) is 30.7 Å². The molecule has 2 aromatic rings. The summed E-state index contributed by atoms with van der Waals surface area (Å²) in [4.78, 5) is 18.5. The highest BCUT2D eigenvalue weighted by molar-refractivity contribution is 5.89. The summed E-state index contributed by atoms with van der Waals surface area (Å²) in [6.07, 6.45) is 4.33. The van der Waals surface area contributed by atoms with Crippen molar-refractivity contribution in [2.75, 3.05) is 0 Å². The van der Waals surface area contributed by atoms with Gasteiger partial charge in [0, 0.05) is 18.6 Å². The number of nitrogens with zero attached hydrogens (tertiary/aromatic N) is 4. The standard InChI is InChI=1S/C10H6N4O2/c11-6-8-12-4-5-14(8)7-2-1-3-13-9(7)10(15)16/h1-5H,(H,15,16). The zero-order valence-electron chi connectivity index (χ0n) is 8.03. The Morgan fingerprint density at radius 1 is 1.44 bits per heavy atom. The Morgan fingerprint density at radius 3 is 2.94 bits per heavy atom. The smallest absolute Gasteiger partial charge is 0.356 e. The molecule has 0 saturated carbocycles. The van der Waals surface area contributed by atoms with Gasteiger partial charge in [0.2, 0.25) is 5.82 Å². The van der Waals surface area contributed by atoms with Gasteiger partial charge in [-0.2, -0.15) is 5.26 Å². The van der Waals surface area contributed by atoms with Crippen molar-refractivity contribution in [3.63, 3.8) is 0 Å². The second-order valence-corrected chi connectivity index (χ2v) is 2.91. The van der Waals surface area contributed by atoms with E-state index in [1.165, 1.54) is 23.2 Å². The van der Waals surface area contributed by atoms with Gasteiger partial charge in [0.1, 0.15) is 6.07 Å². The first-order chi connectivity index (χ1) is 7.74. The SMILES string of the molecule is N#Cc1nccn1-c1cccnc1C(=O)O. The third kappa shape index (κ3) is 1.50. The summed E-state index contributed by atoms with van der Waals surface area (Å²) in [7, 11) is 0. The van der Waals surface area contributed by atoms with Crippen LogP contribution in [-0.2, 0) is 0 Å². The minimum absolute atomic E-state index is 0.114. The van der Waals surface area contributed by atoms with Gasteiger partial charge < -0.3 is 5.11 Å². The average Bonchev–Trinajstić information content (AvgIpc) is 2.76. The molecule has 2 rings (SSSR count). The van der Waals surface area contributed by atoms with Gasteiger partial charge in [-0.3, -0.25) is 4.57 Å². The fraction of sp³-hybridized carbons (Fsp3) is 0. The summed E-state index contributed by atoms with van der Waals surface area (Å²) in [6, 6.07) is 5.04. The average molecular weight is 214 g/mol. The van der Waals surface area contributed by atoms with Crippen LogP contribution in [0.4, 0.5) is 0 Å². The number of aromatic carboxylic acids is 1. The molecule has 6 nitrogen and oxygen atoms in total. The number of pyridine rings is 1. The number of rotatable bonds is 2. The van der Waals surface area contributed by atoms with Crippen LogP contribution in [0.3, 0.4) is 0 Å². The summed E-state index contributed by atoms with van der Waals surface area (Å²) >= 11 is 0. The molecule has 0 spiro atoms. The van der Waals surface area contributed by atoms with Crippen molar-refractivity contribution in [1.29, 1.82) is 5.26 Å². The monoisotopic (exact) mass is 214 g/mol. The lowest BCUT2D eigenvalue weighted by atomic mass is 10.3. The minimum Gasteiger partial charge on any atom is -0.476 e. The topological polar surface area (TPSA) is 91.8 Å². The molecule has 0 aromatic carbocycles. The van der Waals surface area contributed by atoms with Crippen molar-refractivity contribution >= 4 is 5.97 Å². The van der Waals surface area contributed by atoms with Crippen molar-refractivity contribution in [3.05, 3.63) is 42.2 Å². The number of carbonyl (C=O) groups is 1. The first-order valence-corrected chi connectivity index (χ1v) is 4.36. The molecule has 0 amide bonds. The van der Waals surface area contributed by atoms with Gasteiger partial charge in [0.15, 0.2) is 5.69 Å². The number of hydrogen-bond donors (Lipinski definition) is 1. The van der Waals surface area contributed by atoms with Crippen molar-refractivity contribution < 1.29 is 9.90 Å². The van der Waals surface area contributed by atoms with Gasteiger partial charge >= 0.3 is 5.97 Å². The maximum Gasteiger partial charge on any atom is 0.356 e. The summed E-state index contributed by atoms with van der Waals surface area (Å²) in [5.41, 5.74) is 0.209. The van der Waals surface area contributed by atoms with E-state index < -0.39 is 5.97 Å². The Labute approximate surface area is 90.4 Å². The molecule has 0 aliphatic rings. The zero-order chi connectivity index (χ0) is 11.5. The van der Waals surface area contributed by atoms with Crippen molar-refractivity contribution in [1.82, 2.24) is 14.5 Å². The Hall–Kier alpha value is -2.68. The molecular weight excluding hydrogens is 208 g/mol. The Kier molecular flexibility index (Phi) is 2.36. The maximum absolute atomic E-state index is 10.9. The molecule has 0 aliphatic carbocycles. The molecular formula is C10H6N4O2. The van der Waals surface area contributed by atoms with Crippen LogP contribution in [0, 0.1) is 11.3 Å². The highest BCUT2D eigenvalue weighted by Crippen LogP contribution is 2.13. The number of nitriles is 1. The first-order valence-electron chi connectivity index (χ1n) is 4.36. The molecule has 2 heterocycles. The lowest BCUT2D eigenvalue weighted by Crippen LogP contribution is -2.08. The second kappa shape index (κ2) is 3.82. The summed E-state index contributed by atoms with van der Waals surface area (Å²) in [6.45, 7) is 0. The minimum atomic E-state index is -1.15. The molecule has 6 heteroatoms. The van der Waals surface area contributed by atoms with Crippen LogP contribution in [0.2, 0.25) is 0 Å². The van der Waals surface area contributed by atoms with E-state index in [1.54, 1.807) is 12.1 Å². The lowest BCUT2D eigenvalue weighted by molar-refractivity contribution is 0.0690. The normalized spacial score (nSPS) is 9.69. The Morgan fingerprint density at radius 2 is 2.25 bits per heavy atom. The van der Waals surface area contributed by atoms with E-state index >= 15 is 0 Å². The summed E-state index contributed by atoms with van der Waals surface area (Å²) in [5, 5.41) is 17.7. The second-order valence-electron chi connectivity index (χ2n) is 2.91. The van der Waals surface area contributed by atoms with E-state index in [4.69, 9.17) is 10.4 Å². The van der Waals surface area contributed by atoms with Gasteiger partial charge in [-0.25, -0.2) is 14.8 Å². The van der Waals surface area contributed by atoms with E-state index in [2.05, 4.69) is 9.97 Å². The zero-order valence-corrected chi connectivity index (χ0v) is 8.03. The predicted octanol–water partition coefficient (Wildman–Crippen LogP) is 0.837. The molecule has 0 fully saturated rings. The van der Waals surface area contributed by atoms with Crippen LogP contribution in [0.5, 0.6) is 0 Å². The van der Waals surface area contributed by atoms with Crippen LogP contribution in [0.1, 0.15) is 16.3 Å².